The molecule has 0 spiro atoms. The summed E-state index contributed by atoms with van der Waals surface area (Å²) >= 11 is 0. The molecule has 0 radical (unpaired) electrons. The topological polar surface area (TPSA) is 26.0 Å². The molecule has 0 heterocycles. The standard InChI is InChI=1S/C13H19N/c1-9(2)10-6-7-12-11(8-10)4-3-5-13(12)14/h6-9,13H,3-5,14H2,1-2H3. The van der Waals surface area contributed by atoms with E-state index in [1.807, 2.05) is 0 Å². The zero-order valence-electron chi connectivity index (χ0n) is 9.09. The Labute approximate surface area is 86.3 Å². The minimum Gasteiger partial charge on any atom is -0.324 e. The normalized spacial score (nSPS) is 21.0. The molecule has 0 amide bonds. The van der Waals surface area contributed by atoms with E-state index in [4.69, 9.17) is 5.73 Å². The lowest BCUT2D eigenvalue weighted by Crippen LogP contribution is -2.17. The monoisotopic (exact) mass is 189 g/mol. The Morgan fingerprint density at radius 3 is 2.86 bits per heavy atom. The first kappa shape index (κ1) is 9.72. The molecule has 1 aliphatic carbocycles. The minimum atomic E-state index is 0.278. The van der Waals surface area contributed by atoms with Crippen molar-refractivity contribution < 1.29 is 0 Å². The van der Waals surface area contributed by atoms with Crippen LogP contribution in [0.5, 0.6) is 0 Å². The van der Waals surface area contributed by atoms with Gasteiger partial charge in [-0.05, 0) is 41.9 Å². The maximum atomic E-state index is 6.07. The van der Waals surface area contributed by atoms with Crippen LogP contribution >= 0.6 is 0 Å². The third kappa shape index (κ3) is 1.69. The maximum Gasteiger partial charge on any atom is 0.0297 e. The molecule has 0 bridgehead atoms. The molecule has 0 saturated carbocycles. The summed E-state index contributed by atoms with van der Waals surface area (Å²) in [5, 5.41) is 0. The summed E-state index contributed by atoms with van der Waals surface area (Å²) in [6.45, 7) is 4.48. The van der Waals surface area contributed by atoms with Gasteiger partial charge in [0.05, 0.1) is 0 Å². The molecule has 14 heavy (non-hydrogen) atoms. The van der Waals surface area contributed by atoms with Gasteiger partial charge in [0, 0.05) is 6.04 Å². The fourth-order valence-electron chi connectivity index (χ4n) is 2.23. The van der Waals surface area contributed by atoms with Gasteiger partial charge in [0.2, 0.25) is 0 Å². The van der Waals surface area contributed by atoms with E-state index >= 15 is 0 Å². The van der Waals surface area contributed by atoms with Gasteiger partial charge >= 0.3 is 0 Å². The van der Waals surface area contributed by atoms with Crippen molar-refractivity contribution >= 4 is 0 Å². The first-order chi connectivity index (χ1) is 6.68. The molecule has 1 aromatic carbocycles. The summed E-state index contributed by atoms with van der Waals surface area (Å²) in [4.78, 5) is 0. The average molecular weight is 189 g/mol. The van der Waals surface area contributed by atoms with Gasteiger partial charge in [-0.1, -0.05) is 32.0 Å². The van der Waals surface area contributed by atoms with Crippen LogP contribution in [0, 0.1) is 0 Å². The Morgan fingerprint density at radius 2 is 2.14 bits per heavy atom. The van der Waals surface area contributed by atoms with Crippen molar-refractivity contribution in [1.82, 2.24) is 0 Å². The summed E-state index contributed by atoms with van der Waals surface area (Å²) in [5.41, 5.74) is 10.4. The van der Waals surface area contributed by atoms with Crippen LogP contribution in [0.1, 0.15) is 55.3 Å². The van der Waals surface area contributed by atoms with Crippen molar-refractivity contribution in [2.75, 3.05) is 0 Å². The third-order valence-electron chi connectivity index (χ3n) is 3.19. The number of hydrogen-bond acceptors (Lipinski definition) is 1. The van der Waals surface area contributed by atoms with E-state index in [2.05, 4.69) is 32.0 Å². The smallest absolute Gasteiger partial charge is 0.0297 e. The first-order valence-corrected chi connectivity index (χ1v) is 5.57. The van der Waals surface area contributed by atoms with Gasteiger partial charge in [-0.2, -0.15) is 0 Å². The molecular weight excluding hydrogens is 170 g/mol. The van der Waals surface area contributed by atoms with Crippen molar-refractivity contribution in [2.45, 2.75) is 45.1 Å². The first-order valence-electron chi connectivity index (χ1n) is 5.57. The predicted octanol–water partition coefficient (Wildman–Crippen LogP) is 3.15. The van der Waals surface area contributed by atoms with Gasteiger partial charge in [0.15, 0.2) is 0 Å². The lowest BCUT2D eigenvalue weighted by molar-refractivity contribution is 0.569. The van der Waals surface area contributed by atoms with Crippen molar-refractivity contribution in [3.8, 4) is 0 Å². The largest absolute Gasteiger partial charge is 0.324 e. The van der Waals surface area contributed by atoms with Crippen LogP contribution in [-0.4, -0.2) is 0 Å². The highest BCUT2D eigenvalue weighted by atomic mass is 14.6. The Morgan fingerprint density at radius 1 is 1.36 bits per heavy atom. The molecule has 0 saturated heterocycles. The molecule has 0 fully saturated rings. The van der Waals surface area contributed by atoms with Crippen molar-refractivity contribution in [2.24, 2.45) is 5.73 Å². The Balaban J connectivity index is 2.39. The van der Waals surface area contributed by atoms with Gasteiger partial charge in [0.25, 0.3) is 0 Å². The summed E-state index contributed by atoms with van der Waals surface area (Å²) in [6.07, 6.45) is 3.60. The molecule has 0 aromatic heterocycles. The second-order valence-electron chi connectivity index (χ2n) is 4.61. The number of benzene rings is 1. The summed E-state index contributed by atoms with van der Waals surface area (Å²) in [5.74, 6) is 0.624. The summed E-state index contributed by atoms with van der Waals surface area (Å²) in [7, 11) is 0. The van der Waals surface area contributed by atoms with E-state index in [1.54, 1.807) is 0 Å². The highest BCUT2D eigenvalue weighted by Crippen LogP contribution is 2.30. The molecule has 0 aliphatic heterocycles. The lowest BCUT2D eigenvalue weighted by atomic mass is 9.85. The Hall–Kier alpha value is -0.820. The summed E-state index contributed by atoms with van der Waals surface area (Å²) < 4.78 is 0. The van der Waals surface area contributed by atoms with Gasteiger partial charge in [-0.3, -0.25) is 0 Å². The van der Waals surface area contributed by atoms with Gasteiger partial charge in [-0.25, -0.2) is 0 Å². The number of nitrogens with two attached hydrogens (primary N) is 1. The van der Waals surface area contributed by atoms with Crippen LogP contribution in [0.2, 0.25) is 0 Å². The number of hydrogen-bond donors (Lipinski definition) is 1. The summed E-state index contributed by atoms with van der Waals surface area (Å²) in [6, 6.07) is 7.09. The van der Waals surface area contributed by atoms with Gasteiger partial charge in [0.1, 0.15) is 0 Å². The van der Waals surface area contributed by atoms with Crippen LogP contribution < -0.4 is 5.73 Å². The number of aryl methyl sites for hydroxylation is 1. The average Bonchev–Trinajstić information content (AvgIpc) is 2.17. The van der Waals surface area contributed by atoms with E-state index in [-0.39, 0.29) is 6.04 Å². The van der Waals surface area contributed by atoms with Crippen LogP contribution in [0.4, 0.5) is 0 Å². The minimum absolute atomic E-state index is 0.278. The Bertz CT molecular complexity index is 328. The number of rotatable bonds is 1. The molecule has 2 rings (SSSR count). The van der Waals surface area contributed by atoms with E-state index in [0.717, 1.165) is 6.42 Å². The van der Waals surface area contributed by atoms with Crippen LogP contribution in [0.3, 0.4) is 0 Å². The van der Waals surface area contributed by atoms with Gasteiger partial charge in [-0.15, -0.1) is 0 Å². The third-order valence-corrected chi connectivity index (χ3v) is 3.19. The van der Waals surface area contributed by atoms with Crippen LogP contribution in [-0.2, 0) is 6.42 Å². The van der Waals surface area contributed by atoms with Crippen molar-refractivity contribution in [3.05, 3.63) is 34.9 Å². The predicted molar refractivity (Wildman–Crippen MR) is 60.4 cm³/mol. The highest BCUT2D eigenvalue weighted by Gasteiger charge is 2.16. The van der Waals surface area contributed by atoms with Crippen LogP contribution in [0.25, 0.3) is 0 Å². The van der Waals surface area contributed by atoms with Crippen molar-refractivity contribution in [3.63, 3.8) is 0 Å². The SMILES string of the molecule is CC(C)c1ccc2c(c1)CCCC2N. The molecule has 1 unspecified atom stereocenters. The fraction of sp³-hybridized carbons (Fsp3) is 0.538. The van der Waals surface area contributed by atoms with E-state index in [0.29, 0.717) is 5.92 Å². The Kier molecular flexibility index (Phi) is 2.60. The van der Waals surface area contributed by atoms with Gasteiger partial charge < -0.3 is 5.73 Å². The zero-order chi connectivity index (χ0) is 10.1. The highest BCUT2D eigenvalue weighted by molar-refractivity contribution is 5.36. The van der Waals surface area contributed by atoms with E-state index in [1.165, 1.54) is 29.5 Å². The molecule has 1 atom stereocenters. The molecule has 1 heteroatoms. The molecular formula is C13H19N. The van der Waals surface area contributed by atoms with Crippen molar-refractivity contribution in [1.29, 1.82) is 0 Å². The fourth-order valence-corrected chi connectivity index (χ4v) is 2.23. The second kappa shape index (κ2) is 3.74. The van der Waals surface area contributed by atoms with E-state index < -0.39 is 0 Å². The molecule has 76 valence electrons. The lowest BCUT2D eigenvalue weighted by Gasteiger charge is -2.23. The molecule has 1 nitrogen and oxygen atoms in total. The number of fused-ring (bicyclic) bond motifs is 1. The maximum absolute atomic E-state index is 6.07. The second-order valence-corrected chi connectivity index (χ2v) is 4.61. The molecule has 2 N–H and O–H groups in total. The molecule has 1 aliphatic rings. The zero-order valence-corrected chi connectivity index (χ0v) is 9.09. The van der Waals surface area contributed by atoms with Crippen LogP contribution in [0.15, 0.2) is 18.2 Å². The molecule has 1 aromatic rings. The van der Waals surface area contributed by atoms with E-state index in [9.17, 15) is 0 Å². The quantitative estimate of drug-likeness (QED) is 0.721.